The summed E-state index contributed by atoms with van der Waals surface area (Å²) in [7, 11) is 0. The van der Waals surface area contributed by atoms with Crippen LogP contribution in [0.1, 0.15) is 19.8 Å². The van der Waals surface area contributed by atoms with Crippen LogP contribution in [0.25, 0.3) is 0 Å². The number of hydrogen-bond acceptors (Lipinski definition) is 3. The quantitative estimate of drug-likeness (QED) is 0.776. The van der Waals surface area contributed by atoms with E-state index in [-0.39, 0.29) is 12.6 Å². The number of carbonyl (C=O) groups is 2. The number of nitrogens with one attached hydrogen (secondary N) is 1. The maximum Gasteiger partial charge on any atom is 0.319 e. The van der Waals surface area contributed by atoms with E-state index in [1.54, 1.807) is 13.0 Å². The first-order chi connectivity index (χ1) is 9.44. The predicted octanol–water partition coefficient (Wildman–Crippen LogP) is 1.57. The molecule has 5 nitrogen and oxygen atoms in total. The lowest BCUT2D eigenvalue weighted by atomic mass is 10.1. The Morgan fingerprint density at radius 2 is 2.20 bits per heavy atom. The van der Waals surface area contributed by atoms with Crippen molar-refractivity contribution >= 4 is 11.9 Å². The van der Waals surface area contributed by atoms with Crippen molar-refractivity contribution in [2.75, 3.05) is 6.61 Å². The molecule has 1 aromatic rings. The average Bonchev–Trinajstić information content (AvgIpc) is 3.18. The van der Waals surface area contributed by atoms with E-state index in [1.165, 1.54) is 18.2 Å². The lowest BCUT2D eigenvalue weighted by molar-refractivity contribution is -0.149. The van der Waals surface area contributed by atoms with Gasteiger partial charge in [-0.15, -0.1) is 0 Å². The zero-order valence-electron chi connectivity index (χ0n) is 11.1. The Kier molecular flexibility index (Phi) is 3.92. The Morgan fingerprint density at radius 1 is 1.50 bits per heavy atom. The molecule has 0 heterocycles. The topological polar surface area (TPSA) is 75.6 Å². The van der Waals surface area contributed by atoms with E-state index >= 15 is 0 Å². The van der Waals surface area contributed by atoms with Gasteiger partial charge in [-0.2, -0.15) is 0 Å². The molecule has 108 valence electrons. The fourth-order valence-electron chi connectivity index (χ4n) is 1.84. The fraction of sp³-hybridized carbons (Fsp3) is 0.429. The number of carboxylic acid groups (broad SMARTS) is 1. The van der Waals surface area contributed by atoms with Crippen molar-refractivity contribution in [2.24, 2.45) is 5.41 Å². The number of halogens is 1. The second-order valence-corrected chi connectivity index (χ2v) is 5.03. The molecule has 0 bridgehead atoms. The van der Waals surface area contributed by atoms with Crippen molar-refractivity contribution in [3.05, 3.63) is 30.1 Å². The van der Waals surface area contributed by atoms with Crippen molar-refractivity contribution in [3.63, 3.8) is 0 Å². The summed E-state index contributed by atoms with van der Waals surface area (Å²) in [5.41, 5.74) is -1.26. The van der Waals surface area contributed by atoms with Crippen molar-refractivity contribution in [1.29, 1.82) is 0 Å². The number of benzene rings is 1. The van der Waals surface area contributed by atoms with Gasteiger partial charge in [0.2, 0.25) is 5.91 Å². The second kappa shape index (κ2) is 5.48. The Balaban J connectivity index is 1.83. The van der Waals surface area contributed by atoms with Crippen molar-refractivity contribution < 1.29 is 23.8 Å². The molecule has 2 rings (SSSR count). The normalized spacial score (nSPS) is 17.1. The largest absolute Gasteiger partial charge is 0.491 e. The van der Waals surface area contributed by atoms with Crippen molar-refractivity contribution in [1.82, 2.24) is 5.32 Å². The molecule has 1 unspecified atom stereocenters. The SMILES string of the molecule is CC(COc1cccc(F)c1)NC(=O)C1(C(=O)O)CC1. The van der Waals surface area contributed by atoms with Crippen LogP contribution in [0.4, 0.5) is 4.39 Å². The molecule has 1 aromatic carbocycles. The van der Waals surface area contributed by atoms with Crippen molar-refractivity contribution in [2.45, 2.75) is 25.8 Å². The molecule has 1 aliphatic rings. The van der Waals surface area contributed by atoms with E-state index < -0.39 is 23.1 Å². The van der Waals surface area contributed by atoms with Gasteiger partial charge in [-0.25, -0.2) is 4.39 Å². The van der Waals surface area contributed by atoms with Crippen LogP contribution in [-0.4, -0.2) is 29.6 Å². The monoisotopic (exact) mass is 281 g/mol. The molecule has 1 aliphatic carbocycles. The van der Waals surface area contributed by atoms with Crippen LogP contribution in [0, 0.1) is 11.2 Å². The highest BCUT2D eigenvalue weighted by Crippen LogP contribution is 2.46. The lowest BCUT2D eigenvalue weighted by Gasteiger charge is -2.17. The van der Waals surface area contributed by atoms with Gasteiger partial charge >= 0.3 is 5.97 Å². The highest BCUT2D eigenvalue weighted by Gasteiger charge is 2.57. The van der Waals surface area contributed by atoms with Crippen LogP contribution in [0.5, 0.6) is 5.75 Å². The van der Waals surface area contributed by atoms with Crippen LogP contribution >= 0.6 is 0 Å². The molecule has 0 saturated heterocycles. The third-order valence-electron chi connectivity index (χ3n) is 3.27. The molecular weight excluding hydrogens is 265 g/mol. The first kappa shape index (κ1) is 14.3. The highest BCUT2D eigenvalue weighted by atomic mass is 19.1. The number of carbonyl (C=O) groups excluding carboxylic acids is 1. The molecule has 0 aromatic heterocycles. The molecule has 1 fully saturated rings. The zero-order valence-corrected chi connectivity index (χ0v) is 11.1. The fourth-order valence-corrected chi connectivity index (χ4v) is 1.84. The predicted molar refractivity (Wildman–Crippen MR) is 68.8 cm³/mol. The highest BCUT2D eigenvalue weighted by molar-refractivity contribution is 6.04. The van der Waals surface area contributed by atoms with Crippen LogP contribution in [0.2, 0.25) is 0 Å². The Morgan fingerprint density at radius 3 is 2.75 bits per heavy atom. The van der Waals surface area contributed by atoms with Crippen LogP contribution in [0.3, 0.4) is 0 Å². The van der Waals surface area contributed by atoms with Gasteiger partial charge in [0.05, 0.1) is 6.04 Å². The Bertz CT molecular complexity index is 528. The number of amides is 1. The molecule has 0 aliphatic heterocycles. The van der Waals surface area contributed by atoms with E-state index in [0.717, 1.165) is 0 Å². The van der Waals surface area contributed by atoms with Crippen LogP contribution < -0.4 is 10.1 Å². The maximum atomic E-state index is 12.9. The van der Waals surface area contributed by atoms with E-state index in [0.29, 0.717) is 18.6 Å². The van der Waals surface area contributed by atoms with E-state index in [4.69, 9.17) is 9.84 Å². The minimum atomic E-state index is -1.26. The summed E-state index contributed by atoms with van der Waals surface area (Å²) < 4.78 is 18.3. The first-order valence-corrected chi connectivity index (χ1v) is 6.37. The second-order valence-electron chi connectivity index (χ2n) is 5.03. The number of hydrogen-bond donors (Lipinski definition) is 2. The van der Waals surface area contributed by atoms with Gasteiger partial charge in [-0.3, -0.25) is 9.59 Å². The molecule has 1 amide bonds. The van der Waals surface area contributed by atoms with Gasteiger partial charge in [0.15, 0.2) is 0 Å². The summed E-state index contributed by atoms with van der Waals surface area (Å²) in [6, 6.07) is 5.33. The number of aliphatic carboxylic acids is 1. The Labute approximate surface area is 115 Å². The molecule has 20 heavy (non-hydrogen) atoms. The molecule has 6 heteroatoms. The van der Waals surface area contributed by atoms with Gasteiger partial charge < -0.3 is 15.2 Å². The van der Waals surface area contributed by atoms with Gasteiger partial charge in [-0.05, 0) is 31.9 Å². The standard InChI is InChI=1S/C14H16FNO4/c1-9(8-20-11-4-2-3-10(15)7-11)16-12(17)14(5-6-14)13(18)19/h2-4,7,9H,5-6,8H2,1H3,(H,16,17)(H,18,19). The summed E-state index contributed by atoms with van der Waals surface area (Å²) in [5, 5.41) is 11.6. The summed E-state index contributed by atoms with van der Waals surface area (Å²) in [4.78, 5) is 22.8. The molecule has 2 N–H and O–H groups in total. The first-order valence-electron chi connectivity index (χ1n) is 6.37. The smallest absolute Gasteiger partial charge is 0.319 e. The van der Waals surface area contributed by atoms with Crippen LogP contribution in [0.15, 0.2) is 24.3 Å². The number of ether oxygens (including phenoxy) is 1. The van der Waals surface area contributed by atoms with Gasteiger partial charge in [0.25, 0.3) is 0 Å². The Hall–Kier alpha value is -2.11. The van der Waals surface area contributed by atoms with E-state index in [2.05, 4.69) is 5.32 Å². The van der Waals surface area contributed by atoms with Gasteiger partial charge in [0, 0.05) is 6.07 Å². The molecule has 0 radical (unpaired) electrons. The maximum absolute atomic E-state index is 12.9. The molecular formula is C14H16FNO4. The third-order valence-corrected chi connectivity index (χ3v) is 3.27. The number of carboxylic acids is 1. The van der Waals surface area contributed by atoms with E-state index in [1.807, 2.05) is 0 Å². The molecule has 1 atom stereocenters. The average molecular weight is 281 g/mol. The van der Waals surface area contributed by atoms with Crippen LogP contribution in [-0.2, 0) is 9.59 Å². The summed E-state index contributed by atoms with van der Waals surface area (Å²) in [6.45, 7) is 1.85. The summed E-state index contributed by atoms with van der Waals surface area (Å²) >= 11 is 0. The van der Waals surface area contributed by atoms with Gasteiger partial charge in [-0.1, -0.05) is 6.07 Å². The lowest BCUT2D eigenvalue weighted by Crippen LogP contribution is -2.43. The zero-order chi connectivity index (χ0) is 14.8. The van der Waals surface area contributed by atoms with E-state index in [9.17, 15) is 14.0 Å². The summed E-state index contributed by atoms with van der Waals surface area (Å²) in [5.74, 6) is -1.61. The minimum absolute atomic E-state index is 0.144. The van der Waals surface area contributed by atoms with Crippen molar-refractivity contribution in [3.8, 4) is 5.75 Å². The van der Waals surface area contributed by atoms with Gasteiger partial charge in [0.1, 0.15) is 23.6 Å². The molecule has 1 saturated carbocycles. The third kappa shape index (κ3) is 3.07. The minimum Gasteiger partial charge on any atom is -0.491 e. The summed E-state index contributed by atoms with van der Waals surface area (Å²) in [6.07, 6.45) is 0.733. The number of rotatable bonds is 6. The molecule has 0 spiro atoms.